The molecule has 1 saturated heterocycles. The van der Waals surface area contributed by atoms with Crippen LogP contribution in [-0.2, 0) is 11.2 Å². The fourth-order valence-corrected chi connectivity index (χ4v) is 3.33. The van der Waals surface area contributed by atoms with Gasteiger partial charge in [0, 0.05) is 23.9 Å². The number of rotatable bonds is 4. The largest absolute Gasteiger partial charge is 0.481 e. The molecule has 0 bridgehead atoms. The lowest BCUT2D eigenvalue weighted by Gasteiger charge is -2.38. The van der Waals surface area contributed by atoms with Gasteiger partial charge in [0.05, 0.1) is 11.3 Å². The normalized spacial score (nSPS) is 15.6. The van der Waals surface area contributed by atoms with Crippen molar-refractivity contribution in [2.75, 3.05) is 13.1 Å². The van der Waals surface area contributed by atoms with Crippen molar-refractivity contribution >= 4 is 23.2 Å². The fourth-order valence-electron chi connectivity index (χ4n) is 2.24. The molecule has 2 rings (SSSR count). The number of thiophene rings is 1. The van der Waals surface area contributed by atoms with Gasteiger partial charge in [-0.15, -0.1) is 11.3 Å². The molecule has 1 aromatic heterocycles. The number of aryl methyl sites for hydroxylation is 2. The van der Waals surface area contributed by atoms with Crippen LogP contribution >= 0.6 is 11.3 Å². The van der Waals surface area contributed by atoms with Crippen LogP contribution in [0, 0.1) is 12.8 Å². The first-order valence-electron chi connectivity index (χ1n) is 6.11. The third kappa shape index (κ3) is 2.56. The average Bonchev–Trinajstić information content (AvgIpc) is 2.63. The molecule has 1 N–H and O–H groups in total. The smallest absolute Gasteiger partial charge is 0.303 e. The summed E-state index contributed by atoms with van der Waals surface area (Å²) in [5.41, 5.74) is 1.17. The van der Waals surface area contributed by atoms with Crippen molar-refractivity contribution in [1.29, 1.82) is 0 Å². The Labute approximate surface area is 110 Å². The lowest BCUT2D eigenvalue weighted by Crippen LogP contribution is -2.50. The molecule has 18 heavy (non-hydrogen) atoms. The van der Waals surface area contributed by atoms with Crippen LogP contribution in [0.1, 0.15) is 33.5 Å². The summed E-state index contributed by atoms with van der Waals surface area (Å²) in [4.78, 5) is 26.4. The molecular weight excluding hydrogens is 250 g/mol. The van der Waals surface area contributed by atoms with E-state index in [0.29, 0.717) is 13.1 Å². The van der Waals surface area contributed by atoms with E-state index < -0.39 is 5.97 Å². The zero-order valence-electron chi connectivity index (χ0n) is 10.6. The minimum absolute atomic E-state index is 0.0458. The fraction of sp³-hybridized carbons (Fsp3) is 0.538. The van der Waals surface area contributed by atoms with Crippen molar-refractivity contribution in [2.45, 2.75) is 26.7 Å². The number of hydrogen-bond acceptors (Lipinski definition) is 3. The Balaban J connectivity index is 1.95. The first-order valence-corrected chi connectivity index (χ1v) is 6.93. The van der Waals surface area contributed by atoms with Crippen molar-refractivity contribution in [1.82, 2.24) is 4.90 Å². The summed E-state index contributed by atoms with van der Waals surface area (Å²) < 4.78 is 0. The molecule has 0 saturated carbocycles. The van der Waals surface area contributed by atoms with Gasteiger partial charge in [-0.2, -0.15) is 0 Å². The summed E-state index contributed by atoms with van der Waals surface area (Å²) in [5, 5.41) is 8.66. The Bertz CT molecular complexity index is 475. The summed E-state index contributed by atoms with van der Waals surface area (Å²) >= 11 is 1.55. The molecule has 98 valence electrons. The van der Waals surface area contributed by atoms with Gasteiger partial charge in [0.15, 0.2) is 0 Å². The van der Waals surface area contributed by atoms with Gasteiger partial charge in [-0.25, -0.2) is 0 Å². The van der Waals surface area contributed by atoms with Gasteiger partial charge >= 0.3 is 5.97 Å². The molecule has 4 nitrogen and oxygen atoms in total. The number of nitrogens with zero attached hydrogens (tertiary/aromatic N) is 1. The van der Waals surface area contributed by atoms with E-state index in [-0.39, 0.29) is 18.2 Å². The number of carbonyl (C=O) groups excluding carboxylic acids is 1. The van der Waals surface area contributed by atoms with Crippen molar-refractivity contribution in [3.05, 3.63) is 21.4 Å². The molecule has 1 aliphatic rings. The monoisotopic (exact) mass is 267 g/mol. The molecular formula is C13H17NO3S. The zero-order valence-corrected chi connectivity index (χ0v) is 11.4. The van der Waals surface area contributed by atoms with Gasteiger partial charge in [-0.3, -0.25) is 9.59 Å². The predicted molar refractivity (Wildman–Crippen MR) is 70.1 cm³/mol. The minimum atomic E-state index is -0.785. The third-order valence-electron chi connectivity index (χ3n) is 3.26. The van der Waals surface area contributed by atoms with Crippen molar-refractivity contribution < 1.29 is 14.7 Å². The molecule has 0 aliphatic carbocycles. The maximum Gasteiger partial charge on any atom is 0.303 e. The summed E-state index contributed by atoms with van der Waals surface area (Å²) in [5.74, 6) is -0.616. The van der Waals surface area contributed by atoms with Gasteiger partial charge in [-0.1, -0.05) is 6.92 Å². The average molecular weight is 267 g/mol. The molecule has 1 amide bonds. The van der Waals surface area contributed by atoms with E-state index in [1.54, 1.807) is 16.2 Å². The highest BCUT2D eigenvalue weighted by Crippen LogP contribution is 2.27. The van der Waals surface area contributed by atoms with Crippen LogP contribution in [0.2, 0.25) is 0 Å². The van der Waals surface area contributed by atoms with Crippen LogP contribution in [0.4, 0.5) is 0 Å². The maximum atomic E-state index is 12.1. The molecule has 1 aromatic rings. The standard InChI is InChI=1S/C13H17NO3S/c1-3-10-8(2)4-11(18-10)13(17)14-6-9(7-14)5-12(15)16/h4,9H,3,5-7H2,1-2H3,(H,15,16). The summed E-state index contributed by atoms with van der Waals surface area (Å²) in [6.07, 6.45) is 1.11. The number of amides is 1. The molecule has 5 heteroatoms. The summed E-state index contributed by atoms with van der Waals surface area (Å²) in [7, 11) is 0. The molecule has 2 heterocycles. The van der Waals surface area contributed by atoms with Crippen LogP contribution in [0.3, 0.4) is 0 Å². The number of carboxylic acids is 1. The lowest BCUT2D eigenvalue weighted by molar-refractivity contribution is -0.139. The minimum Gasteiger partial charge on any atom is -0.481 e. The van der Waals surface area contributed by atoms with Crippen LogP contribution in [0.5, 0.6) is 0 Å². The summed E-state index contributed by atoms with van der Waals surface area (Å²) in [6.45, 7) is 5.25. The Morgan fingerprint density at radius 1 is 1.50 bits per heavy atom. The lowest BCUT2D eigenvalue weighted by atomic mass is 9.96. The topological polar surface area (TPSA) is 57.6 Å². The van der Waals surface area contributed by atoms with E-state index in [1.165, 1.54) is 10.4 Å². The van der Waals surface area contributed by atoms with Crippen LogP contribution < -0.4 is 0 Å². The van der Waals surface area contributed by atoms with Gasteiger partial charge in [-0.05, 0) is 25.0 Å². The van der Waals surface area contributed by atoms with E-state index in [9.17, 15) is 9.59 Å². The van der Waals surface area contributed by atoms with Crippen molar-refractivity contribution in [3.63, 3.8) is 0 Å². The first-order chi connectivity index (χ1) is 8.51. The van der Waals surface area contributed by atoms with Crippen LogP contribution in [-0.4, -0.2) is 35.0 Å². The molecule has 0 radical (unpaired) electrons. The van der Waals surface area contributed by atoms with E-state index in [1.807, 2.05) is 13.0 Å². The van der Waals surface area contributed by atoms with E-state index in [0.717, 1.165) is 11.3 Å². The predicted octanol–water partition coefficient (Wildman–Crippen LogP) is 2.17. The number of aliphatic carboxylic acids is 1. The quantitative estimate of drug-likeness (QED) is 0.909. The number of carboxylic acid groups (broad SMARTS) is 1. The first kappa shape index (κ1) is 13.1. The summed E-state index contributed by atoms with van der Waals surface area (Å²) in [6, 6.07) is 1.94. The van der Waals surface area contributed by atoms with E-state index in [2.05, 4.69) is 6.92 Å². The molecule has 0 unspecified atom stereocenters. The van der Waals surface area contributed by atoms with Crippen molar-refractivity contribution in [2.24, 2.45) is 5.92 Å². The Kier molecular flexibility index (Phi) is 3.71. The van der Waals surface area contributed by atoms with E-state index in [4.69, 9.17) is 5.11 Å². The third-order valence-corrected chi connectivity index (χ3v) is 4.63. The number of hydrogen-bond donors (Lipinski definition) is 1. The second kappa shape index (κ2) is 5.10. The maximum absolute atomic E-state index is 12.1. The molecule has 0 spiro atoms. The highest BCUT2D eigenvalue weighted by Gasteiger charge is 2.33. The van der Waals surface area contributed by atoms with Crippen LogP contribution in [0.25, 0.3) is 0 Å². The second-order valence-electron chi connectivity index (χ2n) is 4.74. The van der Waals surface area contributed by atoms with E-state index >= 15 is 0 Å². The molecule has 0 aromatic carbocycles. The molecule has 1 aliphatic heterocycles. The van der Waals surface area contributed by atoms with Gasteiger partial charge in [0.1, 0.15) is 0 Å². The highest BCUT2D eigenvalue weighted by atomic mass is 32.1. The SMILES string of the molecule is CCc1sc(C(=O)N2CC(CC(=O)O)C2)cc1C. The number of carbonyl (C=O) groups is 2. The van der Waals surface area contributed by atoms with Gasteiger partial charge in [0.25, 0.3) is 5.91 Å². The molecule has 0 atom stereocenters. The molecule has 1 fully saturated rings. The van der Waals surface area contributed by atoms with Gasteiger partial charge < -0.3 is 10.0 Å². The van der Waals surface area contributed by atoms with Gasteiger partial charge in [0.2, 0.25) is 0 Å². The van der Waals surface area contributed by atoms with Crippen LogP contribution in [0.15, 0.2) is 6.07 Å². The zero-order chi connectivity index (χ0) is 13.3. The Morgan fingerprint density at radius 3 is 2.67 bits per heavy atom. The second-order valence-corrected chi connectivity index (χ2v) is 5.88. The highest BCUT2D eigenvalue weighted by molar-refractivity contribution is 7.14. The van der Waals surface area contributed by atoms with Crippen molar-refractivity contribution in [3.8, 4) is 0 Å². The number of likely N-dealkylation sites (tertiary alicyclic amines) is 1. The Morgan fingerprint density at radius 2 is 2.17 bits per heavy atom. The Hall–Kier alpha value is -1.36.